The van der Waals surface area contributed by atoms with Crippen LogP contribution >= 0.6 is 0 Å². The lowest BCUT2D eigenvalue weighted by molar-refractivity contribution is -0.0169. The van der Waals surface area contributed by atoms with Crippen LogP contribution in [0.3, 0.4) is 0 Å². The Morgan fingerprint density at radius 3 is 2.23 bits per heavy atom. The van der Waals surface area contributed by atoms with E-state index in [0.29, 0.717) is 6.54 Å². The number of fused-ring (bicyclic) bond motifs is 1. The highest BCUT2D eigenvalue weighted by Crippen LogP contribution is 2.50. The molecule has 2 rings (SSSR count). The van der Waals surface area contributed by atoms with Gasteiger partial charge in [0.25, 0.3) is 0 Å². The maximum Gasteiger partial charge on any atom is 0.150 e. The molecule has 76 valence electrons. The molecule has 13 heavy (non-hydrogen) atoms. The van der Waals surface area contributed by atoms with Gasteiger partial charge in [-0.05, 0) is 30.2 Å². The predicted octanol–water partition coefficient (Wildman–Crippen LogP) is -1.16. The van der Waals surface area contributed by atoms with E-state index in [0.717, 1.165) is 0 Å². The molecule has 0 aromatic rings. The van der Waals surface area contributed by atoms with Crippen molar-refractivity contribution < 1.29 is 13.5 Å². The van der Waals surface area contributed by atoms with Crippen LogP contribution in [0.1, 0.15) is 0 Å². The van der Waals surface area contributed by atoms with Gasteiger partial charge in [-0.3, -0.25) is 0 Å². The summed E-state index contributed by atoms with van der Waals surface area (Å²) in [5.74, 6) is 1.32. The number of sulfone groups is 1. The molecule has 5 heteroatoms. The van der Waals surface area contributed by atoms with E-state index >= 15 is 0 Å². The molecule has 3 N–H and O–H groups in total. The summed E-state index contributed by atoms with van der Waals surface area (Å²) in [6.07, 6.45) is 0. The topological polar surface area (TPSA) is 80.4 Å². The first kappa shape index (κ1) is 9.43. The van der Waals surface area contributed by atoms with Gasteiger partial charge < -0.3 is 10.8 Å². The largest absolute Gasteiger partial charge is 0.396 e. The van der Waals surface area contributed by atoms with Crippen molar-refractivity contribution in [3.63, 3.8) is 0 Å². The normalized spacial score (nSPS) is 46.9. The zero-order chi connectivity index (χ0) is 9.64. The summed E-state index contributed by atoms with van der Waals surface area (Å²) in [5, 5.41) is 9.05. The summed E-state index contributed by atoms with van der Waals surface area (Å²) in [6.45, 7) is 0.584. The van der Waals surface area contributed by atoms with Crippen LogP contribution in [0, 0.1) is 23.7 Å². The van der Waals surface area contributed by atoms with Crippen LogP contribution in [-0.2, 0) is 9.84 Å². The SMILES string of the molecule is NC[C@@H]1[C@H](CO)[C@H]2CS(=O)(=O)C[C@@H]12. The van der Waals surface area contributed by atoms with E-state index in [1.54, 1.807) is 0 Å². The minimum absolute atomic E-state index is 0.0819. The fraction of sp³-hybridized carbons (Fsp3) is 1.00. The van der Waals surface area contributed by atoms with Crippen molar-refractivity contribution in [2.75, 3.05) is 24.7 Å². The van der Waals surface area contributed by atoms with E-state index in [1.807, 2.05) is 0 Å². The lowest BCUT2D eigenvalue weighted by atomic mass is 9.58. The number of aliphatic hydroxyl groups excluding tert-OH is 1. The highest BCUT2D eigenvalue weighted by atomic mass is 32.2. The Hall–Kier alpha value is -0.130. The van der Waals surface area contributed by atoms with Gasteiger partial charge in [-0.2, -0.15) is 0 Å². The Bertz CT molecular complexity index is 277. The summed E-state index contributed by atoms with van der Waals surface area (Å²) < 4.78 is 22.6. The highest BCUT2D eigenvalue weighted by molar-refractivity contribution is 7.91. The standard InChI is InChI=1S/C8H15NO3S/c9-1-5-6(2-10)8-4-13(11,12)3-7(5)8/h5-8,10H,1-4,9H2/t5-,6+,7+,8-/m1/s1. The Balaban J connectivity index is 2.15. The van der Waals surface area contributed by atoms with Gasteiger partial charge in [-0.1, -0.05) is 0 Å². The van der Waals surface area contributed by atoms with Crippen molar-refractivity contribution in [2.45, 2.75) is 0 Å². The van der Waals surface area contributed by atoms with E-state index in [2.05, 4.69) is 0 Å². The second-order valence-corrected chi connectivity index (χ2v) is 6.30. The van der Waals surface area contributed by atoms with Crippen LogP contribution in [0.2, 0.25) is 0 Å². The molecule has 1 saturated heterocycles. The third kappa shape index (κ3) is 1.30. The van der Waals surface area contributed by atoms with E-state index in [-0.39, 0.29) is 41.8 Å². The van der Waals surface area contributed by atoms with E-state index in [1.165, 1.54) is 0 Å². The summed E-state index contributed by atoms with van der Waals surface area (Å²) in [6, 6.07) is 0. The van der Waals surface area contributed by atoms with Crippen molar-refractivity contribution in [1.82, 2.24) is 0 Å². The molecule has 0 spiro atoms. The van der Waals surface area contributed by atoms with Gasteiger partial charge in [0, 0.05) is 6.61 Å². The monoisotopic (exact) mass is 205 g/mol. The minimum Gasteiger partial charge on any atom is -0.396 e. The molecule has 1 aliphatic heterocycles. The molecule has 4 nitrogen and oxygen atoms in total. The summed E-state index contributed by atoms with van der Waals surface area (Å²) in [5.41, 5.74) is 5.54. The third-order valence-corrected chi connectivity index (χ3v) is 5.36. The summed E-state index contributed by atoms with van der Waals surface area (Å²) in [4.78, 5) is 0. The van der Waals surface area contributed by atoms with E-state index in [4.69, 9.17) is 10.8 Å². The average Bonchev–Trinajstić information content (AvgIpc) is 2.30. The van der Waals surface area contributed by atoms with Crippen LogP contribution < -0.4 is 5.73 Å². The summed E-state index contributed by atoms with van der Waals surface area (Å²) >= 11 is 0. The molecule has 4 atom stereocenters. The lowest BCUT2D eigenvalue weighted by Gasteiger charge is -2.46. The number of hydrogen-bond donors (Lipinski definition) is 2. The number of hydrogen-bond acceptors (Lipinski definition) is 4. The smallest absolute Gasteiger partial charge is 0.150 e. The Morgan fingerprint density at radius 2 is 1.77 bits per heavy atom. The molecule has 1 saturated carbocycles. The Labute approximate surface area is 78.0 Å². The van der Waals surface area contributed by atoms with Crippen LogP contribution in [-0.4, -0.2) is 38.2 Å². The highest BCUT2D eigenvalue weighted by Gasteiger charge is 2.55. The fourth-order valence-corrected chi connectivity index (χ4v) is 5.19. The molecular weight excluding hydrogens is 190 g/mol. The first-order valence-corrected chi connectivity index (χ1v) is 6.42. The van der Waals surface area contributed by atoms with Crippen LogP contribution in [0.5, 0.6) is 0 Å². The molecule has 0 aromatic carbocycles. The van der Waals surface area contributed by atoms with Gasteiger partial charge in [0.1, 0.15) is 0 Å². The molecule has 2 fully saturated rings. The quantitative estimate of drug-likeness (QED) is 0.596. The van der Waals surface area contributed by atoms with E-state index in [9.17, 15) is 8.42 Å². The van der Waals surface area contributed by atoms with Gasteiger partial charge >= 0.3 is 0 Å². The van der Waals surface area contributed by atoms with Gasteiger partial charge in [0.05, 0.1) is 11.5 Å². The molecule has 1 heterocycles. The second kappa shape index (κ2) is 2.93. The van der Waals surface area contributed by atoms with Gasteiger partial charge in [0.2, 0.25) is 0 Å². The first-order valence-electron chi connectivity index (χ1n) is 4.60. The maximum absolute atomic E-state index is 11.3. The van der Waals surface area contributed by atoms with Gasteiger partial charge in [0.15, 0.2) is 9.84 Å². The fourth-order valence-electron chi connectivity index (χ4n) is 2.89. The molecule has 1 aliphatic carbocycles. The zero-order valence-corrected chi connectivity index (χ0v) is 8.20. The first-order chi connectivity index (χ1) is 6.09. The van der Waals surface area contributed by atoms with Crippen molar-refractivity contribution >= 4 is 9.84 Å². The van der Waals surface area contributed by atoms with Crippen molar-refractivity contribution in [3.05, 3.63) is 0 Å². The third-order valence-electron chi connectivity index (χ3n) is 3.58. The number of nitrogens with two attached hydrogens (primary N) is 1. The second-order valence-electron chi connectivity index (χ2n) is 4.15. The van der Waals surface area contributed by atoms with Gasteiger partial charge in [-0.15, -0.1) is 0 Å². The Kier molecular flexibility index (Phi) is 2.13. The number of aliphatic hydroxyl groups is 1. The number of rotatable bonds is 2. The maximum atomic E-state index is 11.3. The molecule has 0 radical (unpaired) electrons. The molecule has 0 unspecified atom stereocenters. The molecule has 0 aromatic heterocycles. The average molecular weight is 205 g/mol. The van der Waals surface area contributed by atoms with Crippen LogP contribution in [0.4, 0.5) is 0 Å². The lowest BCUT2D eigenvalue weighted by Crippen LogP contribution is -2.51. The van der Waals surface area contributed by atoms with Crippen LogP contribution in [0.25, 0.3) is 0 Å². The minimum atomic E-state index is -2.83. The van der Waals surface area contributed by atoms with Crippen molar-refractivity contribution in [3.8, 4) is 0 Å². The molecular formula is C8H15NO3S. The molecule has 0 bridgehead atoms. The van der Waals surface area contributed by atoms with E-state index < -0.39 is 9.84 Å². The van der Waals surface area contributed by atoms with Crippen LogP contribution in [0.15, 0.2) is 0 Å². The molecule has 2 aliphatic rings. The summed E-state index contributed by atoms with van der Waals surface area (Å²) in [7, 11) is -2.83. The van der Waals surface area contributed by atoms with Crippen molar-refractivity contribution in [1.29, 1.82) is 0 Å². The molecule has 0 amide bonds. The van der Waals surface area contributed by atoms with Gasteiger partial charge in [-0.25, -0.2) is 8.42 Å². The predicted molar refractivity (Wildman–Crippen MR) is 48.8 cm³/mol. The zero-order valence-electron chi connectivity index (χ0n) is 7.39. The Morgan fingerprint density at radius 1 is 1.23 bits per heavy atom. The van der Waals surface area contributed by atoms with Crippen molar-refractivity contribution in [2.24, 2.45) is 29.4 Å².